The molecule has 1 aromatic rings. The highest BCUT2D eigenvalue weighted by atomic mass is 15.2. The Morgan fingerprint density at radius 1 is 1.21 bits per heavy atom. The molecule has 0 aliphatic carbocycles. The van der Waals surface area contributed by atoms with Crippen LogP contribution in [0.25, 0.3) is 0 Å². The van der Waals surface area contributed by atoms with Gasteiger partial charge in [0, 0.05) is 24.8 Å². The Morgan fingerprint density at radius 3 is 2.74 bits per heavy atom. The maximum atomic E-state index is 3.58. The first kappa shape index (κ1) is 14.4. The smallest absolute Gasteiger partial charge is 0.0401 e. The lowest BCUT2D eigenvalue weighted by molar-refractivity contribution is 0.499. The van der Waals surface area contributed by atoms with Gasteiger partial charge in [-0.25, -0.2) is 0 Å². The lowest BCUT2D eigenvalue weighted by Gasteiger charge is -2.36. The number of hydrogen-bond acceptors (Lipinski definition) is 2. The summed E-state index contributed by atoms with van der Waals surface area (Å²) in [7, 11) is 0. The van der Waals surface area contributed by atoms with Gasteiger partial charge >= 0.3 is 0 Å². The molecule has 0 radical (unpaired) electrons. The highest BCUT2D eigenvalue weighted by Gasteiger charge is 2.20. The van der Waals surface area contributed by atoms with Crippen LogP contribution in [0.15, 0.2) is 18.2 Å². The minimum absolute atomic E-state index is 0.570. The van der Waals surface area contributed by atoms with Crippen molar-refractivity contribution in [1.29, 1.82) is 0 Å². The summed E-state index contributed by atoms with van der Waals surface area (Å²) >= 11 is 0. The molecule has 0 fully saturated rings. The molecule has 1 aliphatic heterocycles. The average molecular weight is 260 g/mol. The molecule has 0 bridgehead atoms. The highest BCUT2D eigenvalue weighted by Crippen LogP contribution is 2.29. The predicted molar refractivity (Wildman–Crippen MR) is 84.0 cm³/mol. The third-order valence-electron chi connectivity index (χ3n) is 3.91. The van der Waals surface area contributed by atoms with E-state index in [0.29, 0.717) is 6.04 Å². The minimum atomic E-state index is 0.570. The lowest BCUT2D eigenvalue weighted by atomic mass is 9.98. The number of benzene rings is 1. The molecule has 1 atom stereocenters. The van der Waals surface area contributed by atoms with Crippen LogP contribution in [0.1, 0.15) is 38.3 Å². The average Bonchev–Trinajstić information content (AvgIpc) is 2.37. The van der Waals surface area contributed by atoms with Gasteiger partial charge in [-0.05, 0) is 50.8 Å². The summed E-state index contributed by atoms with van der Waals surface area (Å²) in [6.45, 7) is 12.4. The van der Waals surface area contributed by atoms with Gasteiger partial charge in [0.25, 0.3) is 0 Å². The highest BCUT2D eigenvalue weighted by molar-refractivity contribution is 5.57. The summed E-state index contributed by atoms with van der Waals surface area (Å²) in [6, 6.07) is 7.48. The second-order valence-electron chi connectivity index (χ2n) is 6.33. The number of rotatable bonds is 5. The number of fused-ring (bicyclic) bond motifs is 1. The predicted octanol–water partition coefficient (Wildman–Crippen LogP) is 3.38. The summed E-state index contributed by atoms with van der Waals surface area (Å²) < 4.78 is 0. The van der Waals surface area contributed by atoms with E-state index in [-0.39, 0.29) is 0 Å². The summed E-state index contributed by atoms with van der Waals surface area (Å²) in [6.07, 6.45) is 2.52. The van der Waals surface area contributed by atoms with E-state index in [1.54, 1.807) is 0 Å². The third-order valence-corrected chi connectivity index (χ3v) is 3.91. The number of nitrogens with zero attached hydrogens (tertiary/aromatic N) is 1. The van der Waals surface area contributed by atoms with Crippen LogP contribution in [0.3, 0.4) is 0 Å². The standard InChI is InChI=1S/C17H28N2/c1-13(2)11-18-12-15(4)19-9-5-6-16-10-14(3)7-8-17(16)19/h7-8,10,13,15,18H,5-6,9,11-12H2,1-4H3. The van der Waals surface area contributed by atoms with Gasteiger partial charge in [-0.1, -0.05) is 31.5 Å². The molecular weight excluding hydrogens is 232 g/mol. The van der Waals surface area contributed by atoms with Crippen LogP contribution in [0, 0.1) is 12.8 Å². The Morgan fingerprint density at radius 2 is 2.00 bits per heavy atom. The van der Waals surface area contributed by atoms with Crippen molar-refractivity contribution in [3.63, 3.8) is 0 Å². The van der Waals surface area contributed by atoms with Gasteiger partial charge in [-0.15, -0.1) is 0 Å². The lowest BCUT2D eigenvalue weighted by Crippen LogP contribution is -2.43. The fourth-order valence-electron chi connectivity index (χ4n) is 2.90. The van der Waals surface area contributed by atoms with Gasteiger partial charge in [0.15, 0.2) is 0 Å². The van der Waals surface area contributed by atoms with E-state index < -0.39 is 0 Å². The molecule has 0 amide bonds. The van der Waals surface area contributed by atoms with Gasteiger partial charge in [0.1, 0.15) is 0 Å². The molecule has 1 aliphatic rings. The van der Waals surface area contributed by atoms with Gasteiger partial charge in [-0.3, -0.25) is 0 Å². The maximum absolute atomic E-state index is 3.58. The fourth-order valence-corrected chi connectivity index (χ4v) is 2.90. The van der Waals surface area contributed by atoms with Crippen molar-refractivity contribution < 1.29 is 0 Å². The SMILES string of the molecule is Cc1ccc2c(c1)CCCN2C(C)CNCC(C)C. The molecule has 2 heteroatoms. The van der Waals surface area contributed by atoms with Crippen LogP contribution >= 0.6 is 0 Å². The molecule has 0 aromatic heterocycles. The van der Waals surface area contributed by atoms with Crippen LogP contribution in [-0.4, -0.2) is 25.7 Å². The van der Waals surface area contributed by atoms with Crippen molar-refractivity contribution in [1.82, 2.24) is 5.32 Å². The Balaban J connectivity index is 2.02. The first-order chi connectivity index (χ1) is 9.08. The molecule has 1 heterocycles. The van der Waals surface area contributed by atoms with Gasteiger partial charge < -0.3 is 10.2 Å². The number of anilines is 1. The molecule has 2 nitrogen and oxygen atoms in total. The number of nitrogens with one attached hydrogen (secondary N) is 1. The van der Waals surface area contributed by atoms with Crippen molar-refractivity contribution in [3.8, 4) is 0 Å². The van der Waals surface area contributed by atoms with E-state index in [0.717, 1.165) is 19.0 Å². The zero-order valence-corrected chi connectivity index (χ0v) is 12.9. The van der Waals surface area contributed by atoms with Gasteiger partial charge in [0.2, 0.25) is 0 Å². The van der Waals surface area contributed by atoms with E-state index in [2.05, 4.69) is 56.1 Å². The molecular formula is C17H28N2. The van der Waals surface area contributed by atoms with Gasteiger partial charge in [0.05, 0.1) is 0 Å². The van der Waals surface area contributed by atoms with Crippen LogP contribution in [0.5, 0.6) is 0 Å². The molecule has 1 unspecified atom stereocenters. The second kappa shape index (κ2) is 6.42. The zero-order chi connectivity index (χ0) is 13.8. The van der Waals surface area contributed by atoms with Crippen LogP contribution in [-0.2, 0) is 6.42 Å². The summed E-state index contributed by atoms with van der Waals surface area (Å²) in [4.78, 5) is 2.58. The summed E-state index contributed by atoms with van der Waals surface area (Å²) in [5.41, 5.74) is 4.36. The van der Waals surface area contributed by atoms with Crippen molar-refractivity contribution in [2.75, 3.05) is 24.5 Å². The molecule has 1 aromatic carbocycles. The normalized spacial score (nSPS) is 16.6. The van der Waals surface area contributed by atoms with E-state index >= 15 is 0 Å². The Labute approximate surface area is 118 Å². The Hall–Kier alpha value is -1.02. The van der Waals surface area contributed by atoms with E-state index in [9.17, 15) is 0 Å². The van der Waals surface area contributed by atoms with Crippen LogP contribution in [0.2, 0.25) is 0 Å². The fraction of sp³-hybridized carbons (Fsp3) is 0.647. The zero-order valence-electron chi connectivity index (χ0n) is 12.9. The number of aryl methyl sites for hydroxylation is 2. The Bertz CT molecular complexity index is 412. The monoisotopic (exact) mass is 260 g/mol. The largest absolute Gasteiger partial charge is 0.367 e. The van der Waals surface area contributed by atoms with Gasteiger partial charge in [-0.2, -0.15) is 0 Å². The van der Waals surface area contributed by atoms with E-state index in [4.69, 9.17) is 0 Å². The third kappa shape index (κ3) is 3.73. The molecule has 0 saturated carbocycles. The molecule has 0 spiro atoms. The van der Waals surface area contributed by atoms with Crippen molar-refractivity contribution in [2.24, 2.45) is 5.92 Å². The van der Waals surface area contributed by atoms with Crippen molar-refractivity contribution in [3.05, 3.63) is 29.3 Å². The minimum Gasteiger partial charge on any atom is -0.367 e. The molecule has 106 valence electrons. The number of hydrogen-bond donors (Lipinski definition) is 1. The first-order valence-electron chi connectivity index (χ1n) is 7.65. The molecule has 19 heavy (non-hydrogen) atoms. The Kier molecular flexibility index (Phi) is 4.87. The second-order valence-corrected chi connectivity index (χ2v) is 6.33. The summed E-state index contributed by atoms with van der Waals surface area (Å²) in [5, 5.41) is 3.58. The molecule has 1 N–H and O–H groups in total. The van der Waals surface area contributed by atoms with Crippen LogP contribution in [0.4, 0.5) is 5.69 Å². The first-order valence-corrected chi connectivity index (χ1v) is 7.65. The summed E-state index contributed by atoms with van der Waals surface area (Å²) in [5.74, 6) is 0.725. The molecule has 0 saturated heterocycles. The quantitative estimate of drug-likeness (QED) is 0.873. The maximum Gasteiger partial charge on any atom is 0.0401 e. The van der Waals surface area contributed by atoms with Crippen molar-refractivity contribution in [2.45, 2.75) is 46.6 Å². The topological polar surface area (TPSA) is 15.3 Å². The van der Waals surface area contributed by atoms with Crippen molar-refractivity contribution >= 4 is 5.69 Å². The molecule has 2 rings (SSSR count). The van der Waals surface area contributed by atoms with E-state index in [1.807, 2.05) is 0 Å². The van der Waals surface area contributed by atoms with E-state index in [1.165, 1.54) is 36.2 Å². The van der Waals surface area contributed by atoms with Crippen LogP contribution < -0.4 is 10.2 Å².